The summed E-state index contributed by atoms with van der Waals surface area (Å²) in [5.74, 6) is 1.49. The van der Waals surface area contributed by atoms with Gasteiger partial charge in [-0.05, 0) is 42.5 Å². The number of piperidine rings is 1. The van der Waals surface area contributed by atoms with Crippen molar-refractivity contribution in [3.05, 3.63) is 59.7 Å². The minimum Gasteiger partial charge on any atom is -0.493 e. The maximum atomic E-state index is 12.2. The van der Waals surface area contributed by atoms with Crippen LogP contribution in [0.3, 0.4) is 0 Å². The summed E-state index contributed by atoms with van der Waals surface area (Å²) in [4.78, 5) is 13.6. The highest BCUT2D eigenvalue weighted by Gasteiger charge is 2.17. The van der Waals surface area contributed by atoms with E-state index >= 15 is 0 Å². The van der Waals surface area contributed by atoms with Gasteiger partial charge in [0.1, 0.15) is 6.61 Å². The number of carbonyl (C=O) groups excluding carboxylic acids is 1. The monoisotopic (exact) mass is 369 g/mol. The van der Waals surface area contributed by atoms with E-state index in [1.165, 1.54) is 24.2 Å². The SMILES string of the molecule is COc1cc(CNC(=O)C[NH+]2CCCCC2)ccc1OCc1ccccc1. The molecule has 5 nitrogen and oxygen atoms in total. The highest BCUT2D eigenvalue weighted by atomic mass is 16.5. The number of ether oxygens (including phenoxy) is 2. The third-order valence-electron chi connectivity index (χ3n) is 4.93. The fourth-order valence-corrected chi connectivity index (χ4v) is 3.40. The summed E-state index contributed by atoms with van der Waals surface area (Å²) in [6.07, 6.45) is 3.75. The molecule has 1 heterocycles. The van der Waals surface area contributed by atoms with Crippen LogP contribution < -0.4 is 19.7 Å². The first-order chi connectivity index (χ1) is 13.2. The Labute approximate surface area is 161 Å². The van der Waals surface area contributed by atoms with Crippen molar-refractivity contribution >= 4 is 5.91 Å². The number of hydrogen-bond acceptors (Lipinski definition) is 3. The minimum absolute atomic E-state index is 0.107. The molecule has 144 valence electrons. The van der Waals surface area contributed by atoms with Crippen molar-refractivity contribution in [2.45, 2.75) is 32.4 Å². The van der Waals surface area contributed by atoms with Gasteiger partial charge in [0.2, 0.25) is 0 Å². The van der Waals surface area contributed by atoms with Gasteiger partial charge in [-0.2, -0.15) is 0 Å². The van der Waals surface area contributed by atoms with Crippen LogP contribution in [0.25, 0.3) is 0 Å². The fourth-order valence-electron chi connectivity index (χ4n) is 3.40. The highest BCUT2D eigenvalue weighted by Crippen LogP contribution is 2.28. The first-order valence-electron chi connectivity index (χ1n) is 9.68. The average molecular weight is 369 g/mol. The van der Waals surface area contributed by atoms with Crippen LogP contribution in [0.15, 0.2) is 48.5 Å². The maximum absolute atomic E-state index is 12.2. The predicted molar refractivity (Wildman–Crippen MR) is 105 cm³/mol. The van der Waals surface area contributed by atoms with Crippen LogP contribution in [0.1, 0.15) is 30.4 Å². The second-order valence-corrected chi connectivity index (χ2v) is 7.02. The first kappa shape index (κ1) is 19.2. The molecular formula is C22H29N2O3+. The number of quaternary nitrogens is 1. The van der Waals surface area contributed by atoms with E-state index in [1.807, 2.05) is 48.5 Å². The molecule has 0 aromatic heterocycles. The summed E-state index contributed by atoms with van der Waals surface area (Å²) in [6.45, 7) is 3.77. The largest absolute Gasteiger partial charge is 0.493 e. The molecule has 2 N–H and O–H groups in total. The van der Waals surface area contributed by atoms with Gasteiger partial charge in [-0.3, -0.25) is 4.79 Å². The van der Waals surface area contributed by atoms with Crippen LogP contribution in [0.2, 0.25) is 0 Å². The van der Waals surface area contributed by atoms with Crippen LogP contribution in [-0.2, 0) is 17.9 Å². The number of likely N-dealkylation sites (tertiary alicyclic amines) is 1. The zero-order valence-electron chi connectivity index (χ0n) is 16.0. The second kappa shape index (κ2) is 9.97. The molecule has 1 aliphatic heterocycles. The molecule has 0 spiro atoms. The van der Waals surface area contributed by atoms with Crippen molar-refractivity contribution in [1.82, 2.24) is 5.32 Å². The zero-order chi connectivity index (χ0) is 18.9. The third kappa shape index (κ3) is 6.00. The van der Waals surface area contributed by atoms with Gasteiger partial charge in [-0.1, -0.05) is 36.4 Å². The Hall–Kier alpha value is -2.53. The number of nitrogens with one attached hydrogen (secondary N) is 2. The van der Waals surface area contributed by atoms with Crippen LogP contribution >= 0.6 is 0 Å². The van der Waals surface area contributed by atoms with E-state index in [9.17, 15) is 4.79 Å². The van der Waals surface area contributed by atoms with Gasteiger partial charge in [-0.25, -0.2) is 0 Å². The lowest BCUT2D eigenvalue weighted by Gasteiger charge is -2.22. The van der Waals surface area contributed by atoms with Crippen molar-refractivity contribution in [3.8, 4) is 11.5 Å². The van der Waals surface area contributed by atoms with Gasteiger partial charge in [0.15, 0.2) is 18.0 Å². The molecule has 2 aromatic carbocycles. The molecule has 0 saturated carbocycles. The molecule has 0 aliphatic carbocycles. The summed E-state index contributed by atoms with van der Waals surface area (Å²) < 4.78 is 11.3. The van der Waals surface area contributed by atoms with E-state index in [4.69, 9.17) is 9.47 Å². The van der Waals surface area contributed by atoms with Gasteiger partial charge in [0.25, 0.3) is 5.91 Å². The first-order valence-corrected chi connectivity index (χ1v) is 9.68. The van der Waals surface area contributed by atoms with Crippen molar-refractivity contribution in [1.29, 1.82) is 0 Å². The smallest absolute Gasteiger partial charge is 0.275 e. The van der Waals surface area contributed by atoms with E-state index < -0.39 is 0 Å². The molecule has 0 bridgehead atoms. The van der Waals surface area contributed by atoms with E-state index in [1.54, 1.807) is 7.11 Å². The number of amides is 1. The van der Waals surface area contributed by atoms with Crippen LogP contribution in [-0.4, -0.2) is 32.7 Å². The van der Waals surface area contributed by atoms with Crippen molar-refractivity contribution < 1.29 is 19.2 Å². The molecule has 1 amide bonds. The van der Waals surface area contributed by atoms with Crippen molar-refractivity contribution in [2.24, 2.45) is 0 Å². The van der Waals surface area contributed by atoms with E-state index in [2.05, 4.69) is 5.32 Å². The topological polar surface area (TPSA) is 52.0 Å². The number of hydrogen-bond donors (Lipinski definition) is 2. The van der Waals surface area contributed by atoms with Crippen LogP contribution in [0, 0.1) is 0 Å². The maximum Gasteiger partial charge on any atom is 0.275 e. The Morgan fingerprint density at radius 3 is 2.52 bits per heavy atom. The molecule has 5 heteroatoms. The normalized spacial score (nSPS) is 14.6. The summed E-state index contributed by atoms with van der Waals surface area (Å²) >= 11 is 0. The second-order valence-electron chi connectivity index (χ2n) is 7.02. The van der Waals surface area contributed by atoms with E-state index in [0.717, 1.165) is 24.2 Å². The van der Waals surface area contributed by atoms with Crippen molar-refractivity contribution in [3.63, 3.8) is 0 Å². The van der Waals surface area contributed by atoms with Gasteiger partial charge >= 0.3 is 0 Å². The Kier molecular flexibility index (Phi) is 7.11. The minimum atomic E-state index is 0.107. The summed E-state index contributed by atoms with van der Waals surface area (Å²) in [5, 5.41) is 3.02. The van der Waals surface area contributed by atoms with Gasteiger partial charge in [0.05, 0.1) is 20.2 Å². The fraction of sp³-hybridized carbons (Fsp3) is 0.409. The van der Waals surface area contributed by atoms with Crippen LogP contribution in [0.4, 0.5) is 0 Å². The molecule has 2 aromatic rings. The lowest BCUT2D eigenvalue weighted by atomic mass is 10.1. The number of benzene rings is 2. The molecule has 0 atom stereocenters. The van der Waals surface area contributed by atoms with Gasteiger partial charge < -0.3 is 19.7 Å². The zero-order valence-corrected chi connectivity index (χ0v) is 16.0. The average Bonchev–Trinajstić information content (AvgIpc) is 2.72. The highest BCUT2D eigenvalue weighted by molar-refractivity contribution is 5.76. The molecule has 3 rings (SSSR count). The number of rotatable bonds is 8. The Morgan fingerprint density at radius 2 is 1.78 bits per heavy atom. The van der Waals surface area contributed by atoms with Crippen molar-refractivity contribution in [2.75, 3.05) is 26.7 Å². The lowest BCUT2D eigenvalue weighted by molar-refractivity contribution is -0.896. The molecular weight excluding hydrogens is 340 g/mol. The Morgan fingerprint density at radius 1 is 1.00 bits per heavy atom. The summed E-state index contributed by atoms with van der Waals surface area (Å²) in [6, 6.07) is 15.8. The number of methoxy groups -OCH3 is 1. The van der Waals surface area contributed by atoms with Crippen LogP contribution in [0.5, 0.6) is 11.5 Å². The summed E-state index contributed by atoms with van der Waals surface area (Å²) in [5.41, 5.74) is 2.11. The molecule has 27 heavy (non-hydrogen) atoms. The summed E-state index contributed by atoms with van der Waals surface area (Å²) in [7, 11) is 1.63. The number of carbonyl (C=O) groups is 1. The van der Waals surface area contributed by atoms with Gasteiger partial charge in [0, 0.05) is 6.54 Å². The molecule has 0 radical (unpaired) electrons. The van der Waals surface area contributed by atoms with E-state index in [0.29, 0.717) is 31.2 Å². The molecule has 0 unspecified atom stereocenters. The third-order valence-corrected chi connectivity index (χ3v) is 4.93. The quantitative estimate of drug-likeness (QED) is 0.748. The van der Waals surface area contributed by atoms with E-state index in [-0.39, 0.29) is 5.91 Å². The Bertz CT molecular complexity index is 728. The lowest BCUT2D eigenvalue weighted by Crippen LogP contribution is -3.13. The van der Waals surface area contributed by atoms with Gasteiger partial charge in [-0.15, -0.1) is 0 Å². The Balaban J connectivity index is 1.51. The molecule has 1 fully saturated rings. The molecule has 1 aliphatic rings. The molecule has 1 saturated heterocycles. The standard InChI is InChI=1S/C22H28N2O3/c1-26-21-14-19(15-23-22(25)16-24-12-6-3-7-13-24)10-11-20(21)27-17-18-8-4-2-5-9-18/h2,4-5,8-11,14H,3,6-7,12-13,15-17H2,1H3,(H,23,25)/p+1. The predicted octanol–water partition coefficient (Wildman–Crippen LogP) is 1.96.